The number of nitrogens with two attached hydrogens (primary N) is 1. The number of thiol groups is 1. The summed E-state index contributed by atoms with van der Waals surface area (Å²) in [6, 6.07) is 5.34. The van der Waals surface area contributed by atoms with Crippen molar-refractivity contribution in [3.05, 3.63) is 29.3 Å². The Morgan fingerprint density at radius 1 is 1.44 bits per heavy atom. The van der Waals surface area contributed by atoms with Crippen LogP contribution in [0.15, 0.2) is 23.1 Å². The third-order valence-electron chi connectivity index (χ3n) is 2.12. The monoisotopic (exact) mass is 238 g/mol. The van der Waals surface area contributed by atoms with Crippen molar-refractivity contribution in [1.29, 1.82) is 0 Å². The fourth-order valence-electron chi connectivity index (χ4n) is 1.25. The van der Waals surface area contributed by atoms with Crippen LogP contribution in [0.4, 0.5) is 0 Å². The van der Waals surface area contributed by atoms with Gasteiger partial charge in [0, 0.05) is 23.4 Å². The largest absolute Gasteiger partial charge is 0.370 e. The summed E-state index contributed by atoms with van der Waals surface area (Å²) in [4.78, 5) is 22.9. The molecule has 0 fully saturated rings. The van der Waals surface area contributed by atoms with E-state index < -0.39 is 5.91 Å². The second-order valence-electron chi connectivity index (χ2n) is 3.47. The molecule has 0 atom stereocenters. The maximum absolute atomic E-state index is 11.7. The maximum Gasteiger partial charge on any atom is 0.251 e. The van der Waals surface area contributed by atoms with Crippen LogP contribution >= 0.6 is 12.6 Å². The molecule has 0 heterocycles. The first-order valence-electron chi connectivity index (χ1n) is 4.87. The molecule has 1 rings (SSSR count). The molecule has 0 aliphatic heterocycles. The molecule has 2 amide bonds. The Morgan fingerprint density at radius 2 is 2.12 bits per heavy atom. The second-order valence-corrected chi connectivity index (χ2v) is 3.99. The summed E-state index contributed by atoms with van der Waals surface area (Å²) in [6.45, 7) is 2.10. The van der Waals surface area contributed by atoms with E-state index in [1.165, 1.54) is 0 Å². The first-order chi connectivity index (χ1) is 7.50. The Labute approximate surface area is 99.6 Å². The molecular formula is C11H14N2O2S. The fourth-order valence-corrected chi connectivity index (χ4v) is 1.45. The molecule has 0 saturated heterocycles. The topological polar surface area (TPSA) is 72.2 Å². The highest BCUT2D eigenvalue weighted by atomic mass is 32.1. The molecule has 3 N–H and O–H groups in total. The zero-order chi connectivity index (χ0) is 12.1. The van der Waals surface area contributed by atoms with Gasteiger partial charge in [-0.05, 0) is 24.6 Å². The van der Waals surface area contributed by atoms with Crippen molar-refractivity contribution >= 4 is 24.4 Å². The molecule has 1 aromatic rings. The summed E-state index contributed by atoms with van der Waals surface area (Å²) in [5.74, 6) is -0.644. The zero-order valence-corrected chi connectivity index (χ0v) is 9.88. The van der Waals surface area contributed by atoms with Crippen molar-refractivity contribution in [2.24, 2.45) is 5.73 Å². The van der Waals surface area contributed by atoms with E-state index in [2.05, 4.69) is 17.9 Å². The van der Waals surface area contributed by atoms with Crippen molar-refractivity contribution in [2.45, 2.75) is 18.2 Å². The fraction of sp³-hybridized carbons (Fsp3) is 0.273. The SMILES string of the molecule is Cc1ccc(S)cc1C(=O)NCCC(N)=O. The molecule has 0 saturated carbocycles. The van der Waals surface area contributed by atoms with Gasteiger partial charge in [0.05, 0.1) is 0 Å². The lowest BCUT2D eigenvalue weighted by Crippen LogP contribution is -2.28. The zero-order valence-electron chi connectivity index (χ0n) is 8.99. The highest BCUT2D eigenvalue weighted by molar-refractivity contribution is 7.80. The average molecular weight is 238 g/mol. The van der Waals surface area contributed by atoms with Gasteiger partial charge >= 0.3 is 0 Å². The molecule has 0 bridgehead atoms. The Hall–Kier alpha value is -1.49. The van der Waals surface area contributed by atoms with Crippen molar-refractivity contribution < 1.29 is 9.59 Å². The number of nitrogens with one attached hydrogen (secondary N) is 1. The first kappa shape index (κ1) is 12.6. The predicted octanol–water partition coefficient (Wildman–Crippen LogP) is 0.889. The summed E-state index contributed by atoms with van der Waals surface area (Å²) < 4.78 is 0. The minimum atomic E-state index is -0.431. The third kappa shape index (κ3) is 3.58. The number of carbonyl (C=O) groups excluding carboxylic acids is 2. The summed E-state index contributed by atoms with van der Waals surface area (Å²) in [6.07, 6.45) is 0.144. The van der Waals surface area contributed by atoms with Gasteiger partial charge in [-0.1, -0.05) is 6.07 Å². The number of carbonyl (C=O) groups is 2. The molecule has 0 aliphatic rings. The van der Waals surface area contributed by atoms with Crippen LogP contribution in [-0.2, 0) is 4.79 Å². The Kier molecular flexibility index (Phi) is 4.37. The van der Waals surface area contributed by atoms with Crippen molar-refractivity contribution in [2.75, 3.05) is 6.54 Å². The smallest absolute Gasteiger partial charge is 0.251 e. The number of aryl methyl sites for hydroxylation is 1. The Bertz CT molecular complexity index is 418. The Balaban J connectivity index is 2.65. The standard InChI is InChI=1S/C11H14N2O2S/c1-7-2-3-8(16)6-9(7)11(15)13-5-4-10(12)14/h2-3,6,16H,4-5H2,1H3,(H2,12,14)(H,13,15). The number of amides is 2. The van der Waals surface area contributed by atoms with Crippen molar-refractivity contribution in [3.63, 3.8) is 0 Å². The van der Waals surface area contributed by atoms with Gasteiger partial charge in [-0.3, -0.25) is 9.59 Å². The molecule has 4 nitrogen and oxygen atoms in total. The van der Waals surface area contributed by atoms with Gasteiger partial charge in [-0.2, -0.15) is 0 Å². The van der Waals surface area contributed by atoms with Crippen LogP contribution in [-0.4, -0.2) is 18.4 Å². The highest BCUT2D eigenvalue weighted by Gasteiger charge is 2.08. The number of benzene rings is 1. The number of hydrogen-bond acceptors (Lipinski definition) is 3. The molecule has 0 spiro atoms. The first-order valence-corrected chi connectivity index (χ1v) is 5.31. The van der Waals surface area contributed by atoms with E-state index in [1.807, 2.05) is 19.1 Å². The lowest BCUT2D eigenvalue weighted by atomic mass is 10.1. The van der Waals surface area contributed by atoms with Gasteiger partial charge in [0.25, 0.3) is 5.91 Å². The minimum Gasteiger partial charge on any atom is -0.370 e. The highest BCUT2D eigenvalue weighted by Crippen LogP contribution is 2.13. The average Bonchev–Trinajstić information content (AvgIpc) is 2.21. The number of primary amides is 1. The Morgan fingerprint density at radius 3 is 2.75 bits per heavy atom. The molecule has 86 valence electrons. The van der Waals surface area contributed by atoms with E-state index in [0.717, 1.165) is 10.5 Å². The lowest BCUT2D eigenvalue weighted by molar-refractivity contribution is -0.117. The summed E-state index contributed by atoms with van der Waals surface area (Å²) in [7, 11) is 0. The normalized spacial score (nSPS) is 9.88. The van der Waals surface area contributed by atoms with Gasteiger partial charge in [-0.15, -0.1) is 12.6 Å². The molecule has 1 aromatic carbocycles. The maximum atomic E-state index is 11.7. The van der Waals surface area contributed by atoms with Crippen molar-refractivity contribution in [3.8, 4) is 0 Å². The van der Waals surface area contributed by atoms with Gasteiger partial charge in [0.15, 0.2) is 0 Å². The lowest BCUT2D eigenvalue weighted by Gasteiger charge is -2.07. The third-order valence-corrected chi connectivity index (χ3v) is 2.40. The van der Waals surface area contributed by atoms with E-state index >= 15 is 0 Å². The van der Waals surface area contributed by atoms with Crippen molar-refractivity contribution in [1.82, 2.24) is 5.32 Å². The van der Waals surface area contributed by atoms with Crippen LogP contribution in [0.3, 0.4) is 0 Å². The number of rotatable bonds is 4. The minimum absolute atomic E-state index is 0.144. The van der Waals surface area contributed by atoms with Gasteiger partial charge in [0.1, 0.15) is 0 Å². The molecule has 0 aromatic heterocycles. The quantitative estimate of drug-likeness (QED) is 0.682. The molecule has 0 unspecified atom stereocenters. The van der Waals surface area contributed by atoms with Crippen LogP contribution in [0.1, 0.15) is 22.3 Å². The molecule has 0 aliphatic carbocycles. The molecular weight excluding hydrogens is 224 g/mol. The van der Waals surface area contributed by atoms with Crippen LogP contribution in [0, 0.1) is 6.92 Å². The van der Waals surface area contributed by atoms with E-state index in [0.29, 0.717) is 5.56 Å². The summed E-state index contributed by atoms with van der Waals surface area (Å²) in [5.41, 5.74) is 6.41. The van der Waals surface area contributed by atoms with Crippen LogP contribution in [0.2, 0.25) is 0 Å². The van der Waals surface area contributed by atoms with Gasteiger partial charge in [0.2, 0.25) is 5.91 Å². The summed E-state index contributed by atoms with van der Waals surface area (Å²) in [5, 5.41) is 2.62. The molecule has 16 heavy (non-hydrogen) atoms. The van der Waals surface area contributed by atoms with Gasteiger partial charge in [-0.25, -0.2) is 0 Å². The van der Waals surface area contributed by atoms with E-state index in [9.17, 15) is 9.59 Å². The second kappa shape index (κ2) is 5.55. The van der Waals surface area contributed by atoms with E-state index in [4.69, 9.17) is 5.73 Å². The van der Waals surface area contributed by atoms with Gasteiger partial charge < -0.3 is 11.1 Å². The summed E-state index contributed by atoms with van der Waals surface area (Å²) >= 11 is 4.17. The van der Waals surface area contributed by atoms with E-state index in [-0.39, 0.29) is 18.9 Å². The van der Waals surface area contributed by atoms with Crippen LogP contribution < -0.4 is 11.1 Å². The van der Waals surface area contributed by atoms with Crippen LogP contribution in [0.5, 0.6) is 0 Å². The van der Waals surface area contributed by atoms with Crippen LogP contribution in [0.25, 0.3) is 0 Å². The van der Waals surface area contributed by atoms with E-state index in [1.54, 1.807) is 6.07 Å². The molecule has 5 heteroatoms. The predicted molar refractivity (Wildman–Crippen MR) is 64.6 cm³/mol. The molecule has 0 radical (unpaired) electrons. The number of hydrogen-bond donors (Lipinski definition) is 3.